The highest BCUT2D eigenvalue weighted by molar-refractivity contribution is 9.10. The van der Waals surface area contributed by atoms with E-state index in [0.29, 0.717) is 89.0 Å². The van der Waals surface area contributed by atoms with Gasteiger partial charge in [-0.2, -0.15) is 0 Å². The fraction of sp³-hybridized carbons (Fsp3) is 0.582. The lowest BCUT2D eigenvalue weighted by atomic mass is 9.98. The average molecular weight is 1360 g/mol. The van der Waals surface area contributed by atoms with Crippen LogP contribution in [0.25, 0.3) is 0 Å². The lowest BCUT2D eigenvalue weighted by molar-refractivity contribution is -0.141. The molecule has 8 N–H and O–H groups in total. The van der Waals surface area contributed by atoms with Crippen molar-refractivity contribution in [2.75, 3.05) is 96.3 Å². The maximum atomic E-state index is 11.8. The Labute approximate surface area is 558 Å². The van der Waals surface area contributed by atoms with Gasteiger partial charge in [-0.05, 0) is 113 Å². The lowest BCUT2D eigenvalue weighted by Gasteiger charge is -2.39. The summed E-state index contributed by atoms with van der Waals surface area (Å²) in [5, 5.41) is 16.5. The Morgan fingerprint density at radius 2 is 1.01 bits per heavy atom. The summed E-state index contributed by atoms with van der Waals surface area (Å²) in [7, 11) is 16.4. The molecule has 9 amide bonds. The van der Waals surface area contributed by atoms with Gasteiger partial charge in [-0.3, -0.25) is 68.4 Å². The molecule has 6 unspecified atom stereocenters. The molecule has 0 aliphatic carbocycles. The number of benzene rings is 3. The number of hydrogen-bond acceptors (Lipinski definition) is 18. The minimum Gasteiger partial charge on any atom is -0.497 e. The molecule has 0 radical (unpaired) electrons. The summed E-state index contributed by atoms with van der Waals surface area (Å²) in [6.45, 7) is 10.0. The summed E-state index contributed by atoms with van der Waals surface area (Å²) in [6.07, 6.45) is 8.89. The largest absolute Gasteiger partial charge is 0.497 e. The number of Topliss-reactive ketones (excluding diaryl/α,β-unsaturated/α-hetero) is 1. The van der Waals surface area contributed by atoms with Crippen molar-refractivity contribution in [3.8, 4) is 17.2 Å². The van der Waals surface area contributed by atoms with Gasteiger partial charge in [0.05, 0.1) is 38.6 Å². The Morgan fingerprint density at radius 1 is 0.538 bits per heavy atom. The molecule has 516 valence electrons. The van der Waals surface area contributed by atoms with E-state index in [2.05, 4.69) is 71.9 Å². The number of nitrogens with two attached hydrogens (primary N) is 1. The molecule has 10 rings (SSSR count). The third-order valence-electron chi connectivity index (χ3n) is 16.5. The van der Waals surface area contributed by atoms with Crippen LogP contribution in [0.3, 0.4) is 0 Å². The highest BCUT2D eigenvalue weighted by atomic mass is 79.9. The van der Waals surface area contributed by atoms with E-state index < -0.39 is 0 Å². The molecule has 25 nitrogen and oxygen atoms in total. The van der Waals surface area contributed by atoms with Crippen LogP contribution in [-0.4, -0.2) is 215 Å². The van der Waals surface area contributed by atoms with Gasteiger partial charge in [0, 0.05) is 143 Å². The van der Waals surface area contributed by atoms with Gasteiger partial charge in [0.15, 0.2) is 0 Å². The molecule has 0 aromatic heterocycles. The van der Waals surface area contributed by atoms with Crippen LogP contribution in [0.5, 0.6) is 17.2 Å². The molecule has 6 atom stereocenters. The number of halogens is 1. The molecule has 0 bridgehead atoms. The van der Waals surface area contributed by atoms with Gasteiger partial charge in [0.25, 0.3) is 0 Å². The van der Waals surface area contributed by atoms with E-state index in [1.807, 2.05) is 113 Å². The summed E-state index contributed by atoms with van der Waals surface area (Å²) < 4.78 is 15.2. The zero-order valence-electron chi connectivity index (χ0n) is 56.4. The fourth-order valence-corrected chi connectivity index (χ4v) is 10.6. The maximum absolute atomic E-state index is 11.8. The summed E-state index contributed by atoms with van der Waals surface area (Å²) >= 11 is 3.12. The van der Waals surface area contributed by atoms with Crippen molar-refractivity contribution in [2.45, 2.75) is 158 Å². The Balaban J connectivity index is 0.000000288. The first-order chi connectivity index (χ1) is 44.4. The number of likely N-dealkylation sites (tertiary alicyclic amines) is 3. The molecule has 7 aliphatic rings. The zero-order chi connectivity index (χ0) is 69.0. The molecule has 3 aromatic carbocycles. The van der Waals surface area contributed by atoms with Gasteiger partial charge in [-0.15, -0.1) is 0 Å². The smallest absolute Gasteiger partial charge is 0.243 e. The van der Waals surface area contributed by atoms with E-state index in [-0.39, 0.29) is 82.3 Å². The van der Waals surface area contributed by atoms with Crippen molar-refractivity contribution in [3.05, 3.63) is 89.5 Å². The van der Waals surface area contributed by atoms with E-state index in [1.54, 1.807) is 38.2 Å². The second-order valence-electron chi connectivity index (χ2n) is 23.2. The highest BCUT2D eigenvalue weighted by Crippen LogP contribution is 2.23. The number of piperidine rings is 7. The zero-order valence-corrected chi connectivity index (χ0v) is 58.0. The number of amides is 9. The fourth-order valence-electron chi connectivity index (χ4n) is 10.3. The molecule has 7 aliphatic heterocycles. The van der Waals surface area contributed by atoms with Gasteiger partial charge < -0.3 is 55.9 Å². The third kappa shape index (κ3) is 30.1. The number of ketones is 1. The molecular formula is C67H103BrN12O13. The lowest BCUT2D eigenvalue weighted by Crippen LogP contribution is -2.56. The normalized spacial score (nSPS) is 21.9. The van der Waals surface area contributed by atoms with Crippen molar-refractivity contribution >= 4 is 74.9 Å². The van der Waals surface area contributed by atoms with E-state index in [9.17, 15) is 47.9 Å². The first kappa shape index (κ1) is 79.9. The molecule has 26 heteroatoms. The van der Waals surface area contributed by atoms with Crippen molar-refractivity contribution in [1.82, 2.24) is 56.4 Å². The topological polar surface area (TPSA) is 313 Å². The summed E-state index contributed by atoms with van der Waals surface area (Å²) in [4.78, 5) is 120. The highest BCUT2D eigenvalue weighted by Gasteiger charge is 2.36. The van der Waals surface area contributed by atoms with E-state index in [0.717, 1.165) is 87.8 Å². The summed E-state index contributed by atoms with van der Waals surface area (Å²) in [5.74, 6) is 2.46. The first-order valence-corrected chi connectivity index (χ1v) is 32.9. The van der Waals surface area contributed by atoms with Crippen LogP contribution >= 0.6 is 15.9 Å². The Morgan fingerprint density at radius 3 is 1.45 bits per heavy atom. The Hall–Kier alpha value is -7.36. The number of imide groups is 2. The molecular weight excluding hydrogens is 1260 g/mol. The van der Waals surface area contributed by atoms with Crippen LogP contribution in [0.2, 0.25) is 0 Å². The SMILES string of the molecule is CC.CN1CCC(N(C)C2CCC(=O)NC2=O)CC1=O.CNC1CCN(C)C(=O)C1.COc1ccc(CN(C)C2CCN(C)C(=O)C2)cc1.COc1ccc(CN)cc1.COc1ccc(CNC2CCNC(=O)C2)cc1.O=C1CCC(Br)C(=O)N1.O=C1CCNC(=O)C1. The van der Waals surface area contributed by atoms with E-state index in [4.69, 9.17) is 19.9 Å². The number of hydrogen-bond donors (Lipinski definition) is 7. The summed E-state index contributed by atoms with van der Waals surface area (Å²) in [5.41, 5.74) is 8.98. The number of carbonyl (C=O) groups excluding carboxylic acids is 10. The number of carbonyl (C=O) groups is 10. The number of ether oxygens (including phenoxy) is 3. The standard InChI is InChI=1S/C15H22N2O2.C13H18N2O2.C12H19N3O3.C8H11NO.C7H14N2O.C5H6BrNO2.C5H7NO2.C2H6/c1-16-9-8-13(10-15(16)18)17(2)11-12-4-6-14(19-3)7-5-12;1-17-12-4-2-10(3-5-12)9-15-11-6-7-14-13(16)8-11;1-14-6-5-8(7-11(14)17)15(2)9-3-4-10(16)13-12(9)18;1-10-8-4-2-7(6-9)3-5-8;1-8-6-3-4-9(2)7(10)5-6;6-3-1-2-4(8)7-5(3)9;7-4-1-2-6-5(8)3-4;1-2/h4-7,13H,8-11H2,1-3H3;2-5,11,15H,6-9H2,1H3,(H,14,16);8-9H,3-7H2,1-2H3,(H,13,16,18);2-5H,6,9H2,1H3;6,8H,3-5H2,1-2H3;3H,1-2H2,(H,7,8,9);1-3H2,(H,6,8);1-2H3. The molecule has 7 heterocycles. The van der Waals surface area contributed by atoms with Crippen LogP contribution in [0.4, 0.5) is 0 Å². The number of alkyl halides is 1. The number of likely N-dealkylation sites (N-methyl/N-ethyl adjacent to an activating group) is 1. The molecule has 0 saturated carbocycles. The molecule has 0 spiro atoms. The quantitative estimate of drug-likeness (QED) is 0.0727. The van der Waals surface area contributed by atoms with Crippen molar-refractivity contribution < 1.29 is 62.2 Å². The summed E-state index contributed by atoms with van der Waals surface area (Å²) in [6, 6.07) is 24.7. The van der Waals surface area contributed by atoms with Gasteiger partial charge in [-0.1, -0.05) is 66.2 Å². The molecule has 3 aromatic rings. The van der Waals surface area contributed by atoms with Crippen molar-refractivity contribution in [1.29, 1.82) is 0 Å². The minimum absolute atomic E-state index is 0.0498. The second kappa shape index (κ2) is 43.5. The van der Waals surface area contributed by atoms with Crippen LogP contribution in [0.15, 0.2) is 72.8 Å². The maximum Gasteiger partial charge on any atom is 0.243 e. The molecule has 7 fully saturated rings. The van der Waals surface area contributed by atoms with Crippen LogP contribution < -0.4 is 51.8 Å². The van der Waals surface area contributed by atoms with Gasteiger partial charge in [0.2, 0.25) is 53.2 Å². The number of nitrogens with one attached hydrogen (secondary N) is 6. The van der Waals surface area contributed by atoms with Gasteiger partial charge >= 0.3 is 0 Å². The van der Waals surface area contributed by atoms with E-state index in [1.165, 1.54) is 11.1 Å². The number of methoxy groups -OCH3 is 3. The Bertz CT molecular complexity index is 2800. The first-order valence-electron chi connectivity index (χ1n) is 32.0. The number of nitrogens with zero attached hydrogens (tertiary/aromatic N) is 5. The monoisotopic (exact) mass is 1360 g/mol. The van der Waals surface area contributed by atoms with Gasteiger partial charge in [-0.25, -0.2) is 0 Å². The van der Waals surface area contributed by atoms with Crippen molar-refractivity contribution in [2.24, 2.45) is 5.73 Å². The second-order valence-corrected chi connectivity index (χ2v) is 24.3. The van der Waals surface area contributed by atoms with Gasteiger partial charge in [0.1, 0.15) is 23.0 Å². The van der Waals surface area contributed by atoms with Crippen LogP contribution in [0, 0.1) is 0 Å². The Kier molecular flexibility index (Phi) is 37.4. The minimum atomic E-state index is -0.288. The van der Waals surface area contributed by atoms with Crippen LogP contribution in [-0.2, 0) is 67.6 Å². The molecule has 7 saturated heterocycles. The van der Waals surface area contributed by atoms with Crippen molar-refractivity contribution in [3.63, 3.8) is 0 Å². The molecule has 93 heavy (non-hydrogen) atoms. The predicted molar refractivity (Wildman–Crippen MR) is 360 cm³/mol. The van der Waals surface area contributed by atoms with Crippen LogP contribution in [0.1, 0.15) is 120 Å². The number of rotatable bonds is 13. The van der Waals surface area contributed by atoms with E-state index >= 15 is 0 Å². The predicted octanol–water partition coefficient (Wildman–Crippen LogP) is 3.81. The third-order valence-corrected chi connectivity index (χ3v) is 17.4. The average Bonchev–Trinajstić information content (AvgIpc) is 1.68.